The zero-order valence-electron chi connectivity index (χ0n) is 18.4. The number of rotatable bonds is 9. The molecule has 32 heavy (non-hydrogen) atoms. The van der Waals surface area contributed by atoms with Crippen molar-refractivity contribution in [2.75, 3.05) is 11.1 Å². The molecule has 0 aliphatic heterocycles. The summed E-state index contributed by atoms with van der Waals surface area (Å²) < 4.78 is 7.91. The van der Waals surface area contributed by atoms with Gasteiger partial charge in [0, 0.05) is 24.4 Å². The van der Waals surface area contributed by atoms with E-state index in [-0.39, 0.29) is 24.0 Å². The summed E-state index contributed by atoms with van der Waals surface area (Å²) in [6, 6.07) is 10.3. The molecule has 0 radical (unpaired) electrons. The van der Waals surface area contributed by atoms with Crippen LogP contribution in [0.15, 0.2) is 41.6 Å². The Labute approximate surface area is 190 Å². The standard InChI is InChI=1S/C22H25N5O4S/c1-5-26-19(12-31-21-14(2)7-6-8-15(21)3)24-25-22(26)32-13-20(28)23-18-10-9-17(27(29)30)11-16(18)4/h6-11H,5,12-13H2,1-4H3,(H,23,28). The Morgan fingerprint density at radius 2 is 1.88 bits per heavy atom. The third-order valence-electron chi connectivity index (χ3n) is 4.89. The molecule has 0 aliphatic carbocycles. The third-order valence-corrected chi connectivity index (χ3v) is 5.86. The molecule has 9 nitrogen and oxygen atoms in total. The van der Waals surface area contributed by atoms with Crippen molar-refractivity contribution in [3.8, 4) is 5.75 Å². The first kappa shape index (κ1) is 23.3. The number of aryl methyl sites for hydroxylation is 3. The van der Waals surface area contributed by atoms with E-state index in [2.05, 4.69) is 15.5 Å². The second kappa shape index (κ2) is 10.3. The Kier molecular flexibility index (Phi) is 7.47. The maximum Gasteiger partial charge on any atom is 0.269 e. The van der Waals surface area contributed by atoms with Crippen molar-refractivity contribution in [2.24, 2.45) is 0 Å². The molecule has 1 amide bonds. The Morgan fingerprint density at radius 1 is 1.16 bits per heavy atom. The van der Waals surface area contributed by atoms with Crippen molar-refractivity contribution in [3.63, 3.8) is 0 Å². The molecular formula is C22H25N5O4S. The molecule has 0 bridgehead atoms. The highest BCUT2D eigenvalue weighted by Gasteiger charge is 2.16. The number of hydrogen-bond donors (Lipinski definition) is 1. The first-order valence-corrected chi connectivity index (χ1v) is 11.1. The molecule has 0 spiro atoms. The highest BCUT2D eigenvalue weighted by atomic mass is 32.2. The molecule has 0 fully saturated rings. The van der Waals surface area contributed by atoms with Crippen molar-refractivity contribution >= 4 is 29.0 Å². The molecule has 0 atom stereocenters. The van der Waals surface area contributed by atoms with Crippen LogP contribution in [0.5, 0.6) is 5.75 Å². The lowest BCUT2D eigenvalue weighted by Gasteiger charge is -2.12. The molecule has 2 aromatic carbocycles. The molecular weight excluding hydrogens is 430 g/mol. The molecule has 1 aromatic heterocycles. The van der Waals surface area contributed by atoms with E-state index in [0.29, 0.717) is 28.8 Å². The van der Waals surface area contributed by atoms with Crippen molar-refractivity contribution in [3.05, 3.63) is 69.0 Å². The van der Waals surface area contributed by atoms with Crippen molar-refractivity contribution in [2.45, 2.75) is 46.0 Å². The average molecular weight is 456 g/mol. The number of nitro benzene ring substituents is 1. The zero-order chi connectivity index (χ0) is 23.3. The molecule has 0 saturated heterocycles. The fourth-order valence-electron chi connectivity index (χ4n) is 3.23. The van der Waals surface area contributed by atoms with Crippen LogP contribution in [0.4, 0.5) is 11.4 Å². The number of non-ortho nitro benzene ring substituents is 1. The number of amides is 1. The van der Waals surface area contributed by atoms with E-state index in [0.717, 1.165) is 16.9 Å². The summed E-state index contributed by atoms with van der Waals surface area (Å²) >= 11 is 1.28. The molecule has 168 valence electrons. The average Bonchev–Trinajstić information content (AvgIpc) is 3.15. The highest BCUT2D eigenvalue weighted by Crippen LogP contribution is 2.25. The van der Waals surface area contributed by atoms with Gasteiger partial charge in [0.15, 0.2) is 11.0 Å². The quantitative estimate of drug-likeness (QED) is 0.288. The number of nitro groups is 1. The summed E-state index contributed by atoms with van der Waals surface area (Å²) in [4.78, 5) is 22.8. The van der Waals surface area contributed by atoms with Crippen LogP contribution in [0.2, 0.25) is 0 Å². The van der Waals surface area contributed by atoms with Crippen molar-refractivity contribution < 1.29 is 14.5 Å². The summed E-state index contributed by atoms with van der Waals surface area (Å²) in [6.45, 7) is 8.62. The number of thioether (sulfide) groups is 1. The van der Waals surface area contributed by atoms with Gasteiger partial charge in [-0.15, -0.1) is 10.2 Å². The minimum Gasteiger partial charge on any atom is -0.485 e. The Bertz CT molecular complexity index is 1130. The number of anilines is 1. The third kappa shape index (κ3) is 5.44. The number of hydrogen-bond acceptors (Lipinski definition) is 7. The van der Waals surface area contributed by atoms with E-state index in [9.17, 15) is 14.9 Å². The second-order valence-corrected chi connectivity index (χ2v) is 8.19. The van der Waals surface area contributed by atoms with E-state index in [1.54, 1.807) is 6.92 Å². The fourth-order valence-corrected chi connectivity index (χ4v) is 4.05. The molecule has 0 saturated carbocycles. The van der Waals surface area contributed by atoms with Gasteiger partial charge in [0.2, 0.25) is 5.91 Å². The summed E-state index contributed by atoms with van der Waals surface area (Å²) in [5.41, 5.74) is 3.27. The second-order valence-electron chi connectivity index (χ2n) is 7.25. The number of para-hydroxylation sites is 1. The summed E-state index contributed by atoms with van der Waals surface area (Å²) in [7, 11) is 0. The maximum absolute atomic E-state index is 12.4. The van der Waals surface area contributed by atoms with Gasteiger partial charge >= 0.3 is 0 Å². The maximum atomic E-state index is 12.4. The largest absolute Gasteiger partial charge is 0.485 e. The summed E-state index contributed by atoms with van der Waals surface area (Å²) in [5.74, 6) is 1.42. The lowest BCUT2D eigenvalue weighted by atomic mass is 10.1. The van der Waals surface area contributed by atoms with Gasteiger partial charge < -0.3 is 14.6 Å². The molecule has 3 rings (SSSR count). The van der Waals surface area contributed by atoms with Gasteiger partial charge in [-0.2, -0.15) is 0 Å². The zero-order valence-corrected chi connectivity index (χ0v) is 19.2. The van der Waals surface area contributed by atoms with Crippen LogP contribution in [0, 0.1) is 30.9 Å². The molecule has 10 heteroatoms. The number of nitrogens with one attached hydrogen (secondary N) is 1. The number of nitrogens with zero attached hydrogens (tertiary/aromatic N) is 4. The topological polar surface area (TPSA) is 112 Å². The van der Waals surface area contributed by atoms with Gasteiger partial charge in [-0.1, -0.05) is 30.0 Å². The highest BCUT2D eigenvalue weighted by molar-refractivity contribution is 7.99. The fraction of sp³-hybridized carbons (Fsp3) is 0.318. The summed E-state index contributed by atoms with van der Waals surface area (Å²) in [5, 5.41) is 22.7. The number of benzene rings is 2. The molecule has 3 aromatic rings. The van der Waals surface area contributed by atoms with Crippen molar-refractivity contribution in [1.29, 1.82) is 0 Å². The van der Waals surface area contributed by atoms with E-state index in [1.165, 1.54) is 30.0 Å². The Morgan fingerprint density at radius 3 is 2.50 bits per heavy atom. The van der Waals surface area contributed by atoms with Crippen LogP contribution < -0.4 is 10.1 Å². The van der Waals surface area contributed by atoms with Crippen LogP contribution >= 0.6 is 11.8 Å². The molecule has 0 aliphatic rings. The van der Waals surface area contributed by atoms with E-state index in [1.807, 2.05) is 43.5 Å². The predicted molar refractivity (Wildman–Crippen MR) is 123 cm³/mol. The van der Waals surface area contributed by atoms with Gasteiger partial charge in [0.05, 0.1) is 10.7 Å². The monoisotopic (exact) mass is 455 g/mol. The first-order chi connectivity index (χ1) is 15.3. The Balaban J connectivity index is 1.61. The van der Waals surface area contributed by atoms with Gasteiger partial charge in [-0.25, -0.2) is 0 Å². The van der Waals surface area contributed by atoms with Gasteiger partial charge in [0.1, 0.15) is 12.4 Å². The van der Waals surface area contributed by atoms with E-state index < -0.39 is 4.92 Å². The molecule has 0 unspecified atom stereocenters. The van der Waals surface area contributed by atoms with Crippen LogP contribution in [0.3, 0.4) is 0 Å². The van der Waals surface area contributed by atoms with E-state index >= 15 is 0 Å². The normalized spacial score (nSPS) is 10.8. The number of aromatic nitrogens is 3. The molecule has 1 N–H and O–H groups in total. The summed E-state index contributed by atoms with van der Waals surface area (Å²) in [6.07, 6.45) is 0. The predicted octanol–water partition coefficient (Wildman–Crippen LogP) is 4.44. The minimum absolute atomic E-state index is 0.0124. The minimum atomic E-state index is -0.465. The van der Waals surface area contributed by atoms with Gasteiger partial charge in [0.25, 0.3) is 5.69 Å². The SMILES string of the molecule is CCn1c(COc2c(C)cccc2C)nnc1SCC(=O)Nc1ccc([N+](=O)[O-])cc1C. The lowest BCUT2D eigenvalue weighted by Crippen LogP contribution is -2.15. The van der Waals surface area contributed by atoms with Crippen LogP contribution in [-0.2, 0) is 17.9 Å². The van der Waals surface area contributed by atoms with E-state index in [4.69, 9.17) is 4.74 Å². The van der Waals surface area contributed by atoms with Crippen LogP contribution in [0.25, 0.3) is 0 Å². The lowest BCUT2D eigenvalue weighted by molar-refractivity contribution is -0.384. The molecule has 1 heterocycles. The van der Waals surface area contributed by atoms with Crippen LogP contribution in [-0.4, -0.2) is 31.3 Å². The first-order valence-electron chi connectivity index (χ1n) is 10.1. The van der Waals surface area contributed by atoms with Gasteiger partial charge in [-0.3, -0.25) is 14.9 Å². The van der Waals surface area contributed by atoms with Crippen LogP contribution in [0.1, 0.15) is 29.4 Å². The smallest absolute Gasteiger partial charge is 0.269 e. The van der Waals surface area contributed by atoms with Gasteiger partial charge in [-0.05, 0) is 50.5 Å². The Hall–Kier alpha value is -3.40. The number of ether oxygens (including phenoxy) is 1. The number of carbonyl (C=O) groups excluding carboxylic acids is 1. The number of carbonyl (C=O) groups is 1. The van der Waals surface area contributed by atoms with Crippen molar-refractivity contribution in [1.82, 2.24) is 14.8 Å².